The fourth-order valence-electron chi connectivity index (χ4n) is 1.92. The molecule has 3 nitrogen and oxygen atoms in total. The minimum absolute atomic E-state index is 0.0328. The first kappa shape index (κ1) is 15.1. The molecule has 0 aliphatic heterocycles. The average molecular weight is 286 g/mol. The van der Waals surface area contributed by atoms with Gasteiger partial charge in [0.1, 0.15) is 12.2 Å². The third kappa shape index (κ3) is 3.06. The minimum Gasteiger partial charge on any atom is -0.304 e. The van der Waals surface area contributed by atoms with Crippen molar-refractivity contribution in [2.75, 3.05) is 23.6 Å². The highest BCUT2D eigenvalue weighted by Gasteiger charge is 2.19. The maximum atomic E-state index is 11.8. The van der Waals surface area contributed by atoms with E-state index in [-0.39, 0.29) is 18.3 Å². The Balaban J connectivity index is 3.34. The molecule has 0 aliphatic rings. The largest absolute Gasteiger partial charge is 0.304 e. The zero-order valence-corrected chi connectivity index (χ0v) is 12.3. The molecule has 0 unspecified atom stereocenters. The zero-order valence-electron chi connectivity index (χ0n) is 10.7. The van der Waals surface area contributed by atoms with Gasteiger partial charge in [-0.1, -0.05) is 6.07 Å². The molecule has 1 amide bonds. The van der Waals surface area contributed by atoms with Crippen LogP contribution in [-0.4, -0.2) is 30.9 Å². The molecule has 0 fully saturated rings. The molecule has 0 spiro atoms. The van der Waals surface area contributed by atoms with Crippen molar-refractivity contribution in [2.24, 2.45) is 0 Å². The number of anilines is 1. The number of nitrogens with zero attached hydrogens (tertiary/aromatic N) is 1. The van der Waals surface area contributed by atoms with Gasteiger partial charge in [-0.3, -0.25) is 4.79 Å². The third-order valence-corrected chi connectivity index (χ3v) is 3.86. The van der Waals surface area contributed by atoms with Crippen LogP contribution in [0.3, 0.4) is 0 Å². The standard InChI is InChI=1S/C13H16ClNO2S/c1-9-4-5-11(18-3)10(2)13(9)15(6-7-16)12(17)8-14/h4-5,7H,6,8H2,1-3H3. The minimum atomic E-state index is -0.256. The van der Waals surface area contributed by atoms with Crippen molar-refractivity contribution in [1.29, 1.82) is 0 Å². The Morgan fingerprint density at radius 1 is 1.44 bits per heavy atom. The number of hydrogen-bond donors (Lipinski definition) is 0. The van der Waals surface area contributed by atoms with Crippen LogP contribution in [0.2, 0.25) is 0 Å². The maximum absolute atomic E-state index is 11.8. The number of benzene rings is 1. The monoisotopic (exact) mass is 285 g/mol. The predicted octanol–water partition coefficient (Wildman–Crippen LogP) is 2.80. The van der Waals surface area contributed by atoms with Crippen molar-refractivity contribution in [3.63, 3.8) is 0 Å². The van der Waals surface area contributed by atoms with Gasteiger partial charge in [0.2, 0.25) is 5.91 Å². The third-order valence-electron chi connectivity index (χ3n) is 2.75. The van der Waals surface area contributed by atoms with E-state index in [4.69, 9.17) is 11.6 Å². The van der Waals surface area contributed by atoms with E-state index in [0.717, 1.165) is 28.0 Å². The lowest BCUT2D eigenvalue weighted by Gasteiger charge is -2.24. The molecule has 0 saturated heterocycles. The van der Waals surface area contributed by atoms with Crippen LogP contribution in [0.4, 0.5) is 5.69 Å². The van der Waals surface area contributed by atoms with Crippen molar-refractivity contribution in [1.82, 2.24) is 0 Å². The van der Waals surface area contributed by atoms with E-state index >= 15 is 0 Å². The number of thioether (sulfide) groups is 1. The quantitative estimate of drug-likeness (QED) is 0.474. The summed E-state index contributed by atoms with van der Waals surface area (Å²) in [6.45, 7) is 3.91. The molecule has 1 aromatic rings. The van der Waals surface area contributed by atoms with Crippen LogP contribution in [0, 0.1) is 13.8 Å². The summed E-state index contributed by atoms with van der Waals surface area (Å²) in [5, 5.41) is 0. The summed E-state index contributed by atoms with van der Waals surface area (Å²) in [6.07, 6.45) is 2.70. The second kappa shape index (κ2) is 6.81. The van der Waals surface area contributed by atoms with Crippen LogP contribution in [0.25, 0.3) is 0 Å². The average Bonchev–Trinajstić information content (AvgIpc) is 2.37. The molecule has 5 heteroatoms. The molecule has 0 bridgehead atoms. The second-order valence-corrected chi connectivity index (χ2v) is 4.98. The number of amides is 1. The van der Waals surface area contributed by atoms with E-state index < -0.39 is 0 Å². The van der Waals surface area contributed by atoms with Crippen LogP contribution in [0.5, 0.6) is 0 Å². The fourth-order valence-corrected chi connectivity index (χ4v) is 2.67. The van der Waals surface area contributed by atoms with Crippen LogP contribution in [0.15, 0.2) is 17.0 Å². The van der Waals surface area contributed by atoms with E-state index in [2.05, 4.69) is 0 Å². The summed E-state index contributed by atoms with van der Waals surface area (Å²) in [7, 11) is 0. The Kier molecular flexibility index (Phi) is 5.69. The molecule has 0 saturated carbocycles. The number of hydrogen-bond acceptors (Lipinski definition) is 3. The summed E-state index contributed by atoms with van der Waals surface area (Å²) >= 11 is 7.21. The first-order valence-electron chi connectivity index (χ1n) is 5.51. The molecule has 0 N–H and O–H groups in total. The van der Waals surface area contributed by atoms with Crippen molar-refractivity contribution < 1.29 is 9.59 Å². The fraction of sp³-hybridized carbons (Fsp3) is 0.385. The van der Waals surface area contributed by atoms with Gasteiger partial charge in [-0.05, 0) is 37.3 Å². The Labute approximate surface area is 116 Å². The van der Waals surface area contributed by atoms with Crippen LogP contribution in [-0.2, 0) is 9.59 Å². The summed E-state index contributed by atoms with van der Waals surface area (Å²) in [6, 6.07) is 3.97. The normalized spacial score (nSPS) is 10.2. The topological polar surface area (TPSA) is 37.4 Å². The Bertz CT molecular complexity index is 463. The van der Waals surface area contributed by atoms with Crippen molar-refractivity contribution in [3.8, 4) is 0 Å². The van der Waals surface area contributed by atoms with E-state index in [1.165, 1.54) is 4.90 Å². The van der Waals surface area contributed by atoms with Gasteiger partial charge in [-0.15, -0.1) is 23.4 Å². The van der Waals surface area contributed by atoms with Crippen molar-refractivity contribution >= 4 is 41.2 Å². The summed E-state index contributed by atoms with van der Waals surface area (Å²) in [5.41, 5.74) is 2.76. The lowest BCUT2D eigenvalue weighted by Crippen LogP contribution is -2.34. The second-order valence-electron chi connectivity index (χ2n) is 3.86. The molecular weight excluding hydrogens is 270 g/mol. The van der Waals surface area contributed by atoms with E-state index in [1.807, 2.05) is 32.2 Å². The molecule has 0 aromatic heterocycles. The number of halogens is 1. The van der Waals surface area contributed by atoms with Gasteiger partial charge in [0, 0.05) is 4.90 Å². The van der Waals surface area contributed by atoms with Crippen LogP contribution in [0.1, 0.15) is 11.1 Å². The predicted molar refractivity (Wildman–Crippen MR) is 76.8 cm³/mol. The Morgan fingerprint density at radius 3 is 2.61 bits per heavy atom. The van der Waals surface area contributed by atoms with E-state index in [9.17, 15) is 9.59 Å². The number of carbonyl (C=O) groups excluding carboxylic acids is 2. The summed E-state index contributed by atoms with van der Waals surface area (Å²) < 4.78 is 0. The van der Waals surface area contributed by atoms with Gasteiger partial charge >= 0.3 is 0 Å². The lowest BCUT2D eigenvalue weighted by molar-refractivity contribution is -0.117. The number of carbonyl (C=O) groups is 2. The maximum Gasteiger partial charge on any atom is 0.242 e. The number of aldehydes is 1. The van der Waals surface area contributed by atoms with Crippen molar-refractivity contribution in [3.05, 3.63) is 23.3 Å². The van der Waals surface area contributed by atoms with Crippen LogP contribution < -0.4 is 4.90 Å². The highest BCUT2D eigenvalue weighted by atomic mass is 35.5. The van der Waals surface area contributed by atoms with Crippen molar-refractivity contribution in [2.45, 2.75) is 18.7 Å². The molecule has 1 aromatic carbocycles. The Morgan fingerprint density at radius 2 is 2.11 bits per heavy atom. The van der Waals surface area contributed by atoms with Gasteiger partial charge < -0.3 is 9.69 Å². The summed E-state index contributed by atoms with van der Waals surface area (Å²) in [4.78, 5) is 25.1. The lowest BCUT2D eigenvalue weighted by atomic mass is 10.1. The van der Waals surface area contributed by atoms with Gasteiger partial charge in [-0.25, -0.2) is 0 Å². The molecular formula is C13H16ClNO2S. The van der Waals surface area contributed by atoms with Gasteiger partial charge in [0.25, 0.3) is 0 Å². The molecule has 1 rings (SSSR count). The first-order valence-corrected chi connectivity index (χ1v) is 7.26. The first-order chi connectivity index (χ1) is 8.56. The van der Waals surface area contributed by atoms with E-state index in [1.54, 1.807) is 11.8 Å². The number of aryl methyl sites for hydroxylation is 1. The molecule has 0 radical (unpaired) electrons. The Hall–Kier alpha value is -1.00. The number of alkyl halides is 1. The van der Waals surface area contributed by atoms with Gasteiger partial charge in [0.05, 0.1) is 12.2 Å². The summed E-state index contributed by atoms with van der Waals surface area (Å²) in [5.74, 6) is -0.385. The smallest absolute Gasteiger partial charge is 0.242 e. The molecule has 18 heavy (non-hydrogen) atoms. The zero-order chi connectivity index (χ0) is 13.7. The van der Waals surface area contributed by atoms with Gasteiger partial charge in [0.15, 0.2) is 0 Å². The van der Waals surface area contributed by atoms with Gasteiger partial charge in [-0.2, -0.15) is 0 Å². The van der Waals surface area contributed by atoms with E-state index in [0.29, 0.717) is 0 Å². The highest BCUT2D eigenvalue weighted by Crippen LogP contribution is 2.32. The molecule has 0 atom stereocenters. The highest BCUT2D eigenvalue weighted by molar-refractivity contribution is 7.98. The SMILES string of the molecule is CSc1ccc(C)c(N(CC=O)C(=O)CCl)c1C. The number of rotatable bonds is 5. The van der Waals surface area contributed by atoms with Crippen LogP contribution >= 0.6 is 23.4 Å². The molecule has 0 aliphatic carbocycles. The molecule has 98 valence electrons. The molecule has 0 heterocycles.